The van der Waals surface area contributed by atoms with Crippen LogP contribution < -0.4 is 10.6 Å². The molecule has 1 aromatic heterocycles. The molecule has 0 unspecified atom stereocenters. The molecule has 2 N–H and O–H groups in total. The van der Waals surface area contributed by atoms with Crippen molar-refractivity contribution in [1.29, 1.82) is 0 Å². The Kier molecular flexibility index (Phi) is 8.50. The maximum atomic E-state index is 12.0. The van der Waals surface area contributed by atoms with E-state index in [1.165, 1.54) is 43.3 Å². The van der Waals surface area contributed by atoms with Crippen molar-refractivity contribution in [3.63, 3.8) is 0 Å². The van der Waals surface area contributed by atoms with Gasteiger partial charge in [-0.05, 0) is 18.1 Å². The largest absolute Gasteiger partial charge is 0.353 e. The van der Waals surface area contributed by atoms with Gasteiger partial charge in [-0.25, -0.2) is 0 Å². The maximum absolute atomic E-state index is 12.0. The predicted octanol–water partition coefficient (Wildman–Crippen LogP) is 2.19. The number of nitrogens with one attached hydrogen (secondary N) is 2. The van der Waals surface area contributed by atoms with Gasteiger partial charge in [-0.3, -0.25) is 4.79 Å². The molecule has 142 valence electrons. The molecule has 1 aliphatic rings. The molecule has 3 rings (SSSR count). The van der Waals surface area contributed by atoms with Crippen LogP contribution in [0, 0.1) is 0 Å². The third kappa shape index (κ3) is 6.38. The van der Waals surface area contributed by atoms with Crippen molar-refractivity contribution in [1.82, 2.24) is 30.8 Å². The maximum Gasteiger partial charge on any atom is 0.243 e. The summed E-state index contributed by atoms with van der Waals surface area (Å²) in [7, 11) is 0. The summed E-state index contributed by atoms with van der Waals surface area (Å²) in [6.07, 6.45) is 7.82. The number of carbonyl (C=O) groups is 1. The Morgan fingerprint density at radius 1 is 1.08 bits per heavy atom. The number of tetrazole rings is 1. The molecule has 1 saturated carbocycles. The first-order valence-electron chi connectivity index (χ1n) is 9.14. The number of halogens is 1. The summed E-state index contributed by atoms with van der Waals surface area (Å²) in [5, 5.41) is 18.6. The molecule has 1 aliphatic carbocycles. The van der Waals surface area contributed by atoms with Crippen LogP contribution in [-0.4, -0.2) is 45.2 Å². The standard InChI is InChI=1S/C18H26N6O.ClH/c25-17(20-13-12-19-16-10-6-1-2-7-11-16)14-24-22-18(21-23-24)15-8-4-3-5-9-15;/h3-5,8-9,16,19H,1-2,6-7,10-14H2,(H,20,25);1H. The van der Waals surface area contributed by atoms with E-state index in [1.54, 1.807) is 0 Å². The highest BCUT2D eigenvalue weighted by atomic mass is 35.5. The molecule has 0 atom stereocenters. The van der Waals surface area contributed by atoms with Crippen LogP contribution in [0.4, 0.5) is 0 Å². The summed E-state index contributed by atoms with van der Waals surface area (Å²) >= 11 is 0. The van der Waals surface area contributed by atoms with Gasteiger partial charge in [-0.1, -0.05) is 56.0 Å². The van der Waals surface area contributed by atoms with Gasteiger partial charge in [-0.2, -0.15) is 4.80 Å². The normalized spacial score (nSPS) is 15.1. The van der Waals surface area contributed by atoms with E-state index in [9.17, 15) is 4.79 Å². The van der Waals surface area contributed by atoms with Gasteiger partial charge in [0, 0.05) is 24.7 Å². The van der Waals surface area contributed by atoms with Crippen molar-refractivity contribution in [3.05, 3.63) is 30.3 Å². The van der Waals surface area contributed by atoms with Gasteiger partial charge in [0.2, 0.25) is 11.7 Å². The van der Waals surface area contributed by atoms with E-state index in [4.69, 9.17) is 0 Å². The summed E-state index contributed by atoms with van der Waals surface area (Å²) < 4.78 is 0. The van der Waals surface area contributed by atoms with Crippen molar-refractivity contribution in [2.24, 2.45) is 0 Å². The molecule has 0 radical (unpaired) electrons. The molecular weight excluding hydrogens is 352 g/mol. The summed E-state index contributed by atoms with van der Waals surface area (Å²) in [6, 6.07) is 10.2. The Hall–Kier alpha value is -1.99. The van der Waals surface area contributed by atoms with E-state index >= 15 is 0 Å². The zero-order valence-electron chi connectivity index (χ0n) is 14.9. The number of rotatable bonds is 7. The third-order valence-electron chi connectivity index (χ3n) is 4.51. The topological polar surface area (TPSA) is 84.7 Å². The number of aromatic nitrogens is 4. The zero-order valence-corrected chi connectivity index (χ0v) is 15.7. The number of benzene rings is 1. The second kappa shape index (κ2) is 10.9. The van der Waals surface area contributed by atoms with Gasteiger partial charge >= 0.3 is 0 Å². The van der Waals surface area contributed by atoms with Crippen LogP contribution in [-0.2, 0) is 11.3 Å². The Morgan fingerprint density at radius 3 is 2.54 bits per heavy atom. The lowest BCUT2D eigenvalue weighted by molar-refractivity contribution is -0.122. The quantitative estimate of drug-likeness (QED) is 0.570. The number of hydrogen-bond acceptors (Lipinski definition) is 5. The predicted molar refractivity (Wildman–Crippen MR) is 103 cm³/mol. The first-order valence-corrected chi connectivity index (χ1v) is 9.14. The summed E-state index contributed by atoms with van der Waals surface area (Å²) in [5.41, 5.74) is 0.891. The molecule has 0 spiro atoms. The minimum absolute atomic E-state index is 0. The number of amides is 1. The Labute approximate surface area is 160 Å². The molecule has 8 heteroatoms. The van der Waals surface area contributed by atoms with E-state index in [0.717, 1.165) is 12.1 Å². The third-order valence-corrected chi connectivity index (χ3v) is 4.51. The number of hydrogen-bond donors (Lipinski definition) is 2. The highest BCUT2D eigenvalue weighted by Crippen LogP contribution is 2.16. The number of nitrogens with zero attached hydrogens (tertiary/aromatic N) is 4. The Bertz CT molecular complexity index is 655. The van der Waals surface area contributed by atoms with Gasteiger partial charge < -0.3 is 10.6 Å². The van der Waals surface area contributed by atoms with Crippen molar-refractivity contribution in [3.8, 4) is 11.4 Å². The molecule has 0 aliphatic heterocycles. The lowest BCUT2D eigenvalue weighted by Gasteiger charge is -2.16. The minimum Gasteiger partial charge on any atom is -0.353 e. The molecule has 1 aromatic carbocycles. The van der Waals surface area contributed by atoms with E-state index in [0.29, 0.717) is 18.4 Å². The van der Waals surface area contributed by atoms with Crippen LogP contribution in [0.5, 0.6) is 0 Å². The van der Waals surface area contributed by atoms with Crippen LogP contribution in [0.15, 0.2) is 30.3 Å². The zero-order chi connectivity index (χ0) is 17.3. The van der Waals surface area contributed by atoms with Gasteiger partial charge in [0.25, 0.3) is 0 Å². The lowest BCUT2D eigenvalue weighted by Crippen LogP contribution is -2.38. The molecule has 0 saturated heterocycles. The van der Waals surface area contributed by atoms with Crippen molar-refractivity contribution in [2.75, 3.05) is 13.1 Å². The fourth-order valence-corrected chi connectivity index (χ4v) is 3.16. The van der Waals surface area contributed by atoms with Crippen LogP contribution in [0.2, 0.25) is 0 Å². The van der Waals surface area contributed by atoms with Gasteiger partial charge in [0.05, 0.1) is 0 Å². The molecule has 1 fully saturated rings. The first-order chi connectivity index (χ1) is 12.3. The first kappa shape index (κ1) is 20.3. The van der Waals surface area contributed by atoms with Gasteiger partial charge in [0.1, 0.15) is 6.54 Å². The van der Waals surface area contributed by atoms with Gasteiger partial charge in [0.15, 0.2) is 0 Å². The summed E-state index contributed by atoms with van der Waals surface area (Å²) in [6.45, 7) is 1.51. The molecule has 1 heterocycles. The molecule has 26 heavy (non-hydrogen) atoms. The van der Waals surface area contributed by atoms with Crippen LogP contribution in [0.25, 0.3) is 11.4 Å². The highest BCUT2D eigenvalue weighted by molar-refractivity contribution is 5.85. The van der Waals surface area contributed by atoms with Crippen LogP contribution in [0.3, 0.4) is 0 Å². The van der Waals surface area contributed by atoms with E-state index < -0.39 is 0 Å². The second-order valence-corrected chi connectivity index (χ2v) is 6.50. The Balaban J connectivity index is 0.00000243. The summed E-state index contributed by atoms with van der Waals surface area (Å²) in [4.78, 5) is 13.3. The van der Waals surface area contributed by atoms with Crippen molar-refractivity contribution >= 4 is 18.3 Å². The molecule has 0 bridgehead atoms. The van der Waals surface area contributed by atoms with E-state index in [-0.39, 0.29) is 24.9 Å². The summed E-state index contributed by atoms with van der Waals surface area (Å²) in [5.74, 6) is 0.433. The van der Waals surface area contributed by atoms with Gasteiger partial charge in [-0.15, -0.1) is 22.6 Å². The van der Waals surface area contributed by atoms with Crippen LogP contribution in [0.1, 0.15) is 38.5 Å². The fraction of sp³-hybridized carbons (Fsp3) is 0.556. The molecule has 1 amide bonds. The second-order valence-electron chi connectivity index (χ2n) is 6.50. The lowest BCUT2D eigenvalue weighted by atomic mass is 10.1. The number of carbonyl (C=O) groups excluding carboxylic acids is 1. The highest BCUT2D eigenvalue weighted by Gasteiger charge is 2.12. The van der Waals surface area contributed by atoms with Crippen LogP contribution >= 0.6 is 12.4 Å². The van der Waals surface area contributed by atoms with E-state index in [2.05, 4.69) is 26.0 Å². The SMILES string of the molecule is Cl.O=C(Cn1nnc(-c2ccccc2)n1)NCCNC1CCCCCC1. The van der Waals surface area contributed by atoms with Crippen molar-refractivity contribution < 1.29 is 4.79 Å². The molecule has 7 nitrogen and oxygen atoms in total. The fourth-order valence-electron chi connectivity index (χ4n) is 3.16. The minimum atomic E-state index is -0.0975. The molecule has 2 aromatic rings. The van der Waals surface area contributed by atoms with Crippen molar-refractivity contribution in [2.45, 2.75) is 51.1 Å². The monoisotopic (exact) mass is 378 g/mol. The Morgan fingerprint density at radius 2 is 1.81 bits per heavy atom. The average molecular weight is 379 g/mol. The average Bonchev–Trinajstić information content (AvgIpc) is 2.94. The smallest absolute Gasteiger partial charge is 0.243 e. The molecular formula is C18H27ClN6O. The van der Waals surface area contributed by atoms with E-state index in [1.807, 2.05) is 30.3 Å².